The molecule has 2 aromatic carbocycles. The van der Waals surface area contributed by atoms with E-state index >= 15 is 0 Å². The number of aliphatic hydroxyl groups is 1. The Morgan fingerprint density at radius 2 is 1.73 bits per heavy atom. The van der Waals surface area contributed by atoms with Crippen LogP contribution < -0.4 is 5.73 Å². The average molecular weight is 421 g/mol. The molecule has 0 spiro atoms. The third kappa shape index (κ3) is 5.15. The minimum Gasteiger partial charge on any atom is -0.398 e. The van der Waals surface area contributed by atoms with E-state index in [1.807, 2.05) is 12.1 Å². The van der Waals surface area contributed by atoms with Crippen LogP contribution in [-0.4, -0.2) is 15.9 Å². The first-order chi connectivity index (χ1) is 14.5. The minimum absolute atomic E-state index is 0.117. The second-order valence-electron chi connectivity index (χ2n) is 7.15. The molecule has 30 heavy (non-hydrogen) atoms. The van der Waals surface area contributed by atoms with Gasteiger partial charge in [-0.25, -0.2) is 0 Å². The van der Waals surface area contributed by atoms with Gasteiger partial charge < -0.3 is 10.8 Å². The van der Waals surface area contributed by atoms with Gasteiger partial charge in [-0.1, -0.05) is 67.4 Å². The van der Waals surface area contributed by atoms with E-state index in [1.165, 1.54) is 11.8 Å². The number of aliphatic hydroxyl groups excluding tert-OH is 1. The highest BCUT2D eigenvalue weighted by Crippen LogP contribution is 2.30. The number of Topliss-reactive ketones (excluding diaryl/α,β-unsaturated/α-hetero) is 1. The van der Waals surface area contributed by atoms with E-state index in [4.69, 9.17) is 17.3 Å². The van der Waals surface area contributed by atoms with Crippen molar-refractivity contribution in [3.05, 3.63) is 106 Å². The van der Waals surface area contributed by atoms with Crippen molar-refractivity contribution in [1.29, 1.82) is 0 Å². The lowest BCUT2D eigenvalue weighted by molar-refractivity contribution is 0.0988. The lowest BCUT2D eigenvalue weighted by atomic mass is 9.91. The first-order valence-electron chi connectivity index (χ1n) is 9.98. The monoisotopic (exact) mass is 420 g/mol. The molecular weight excluding hydrogens is 396 g/mol. The maximum absolute atomic E-state index is 13.4. The van der Waals surface area contributed by atoms with Crippen molar-refractivity contribution in [3.63, 3.8) is 0 Å². The van der Waals surface area contributed by atoms with E-state index in [2.05, 4.69) is 11.9 Å². The Balaban J connectivity index is 2.03. The highest BCUT2D eigenvalue weighted by Gasteiger charge is 2.26. The van der Waals surface area contributed by atoms with E-state index in [1.54, 1.807) is 54.7 Å². The van der Waals surface area contributed by atoms with Gasteiger partial charge in [-0.2, -0.15) is 0 Å². The molecule has 0 saturated carbocycles. The van der Waals surface area contributed by atoms with Crippen molar-refractivity contribution >= 4 is 23.1 Å². The van der Waals surface area contributed by atoms with Crippen molar-refractivity contribution in [2.24, 2.45) is 5.73 Å². The summed E-state index contributed by atoms with van der Waals surface area (Å²) in [6.45, 7) is 2.15. The van der Waals surface area contributed by atoms with Crippen LogP contribution in [0, 0.1) is 0 Å². The van der Waals surface area contributed by atoms with Gasteiger partial charge in [0.15, 0.2) is 5.78 Å². The predicted octanol–water partition coefficient (Wildman–Crippen LogP) is 5.36. The molecule has 3 rings (SSSR count). The van der Waals surface area contributed by atoms with Gasteiger partial charge in [-0.15, -0.1) is 0 Å². The Hall–Kier alpha value is -2.95. The molecule has 1 unspecified atom stereocenters. The number of ketones is 1. The largest absolute Gasteiger partial charge is 0.398 e. The molecule has 0 aliphatic heterocycles. The quantitative estimate of drug-likeness (QED) is 0.379. The molecule has 0 aliphatic rings. The number of nitrogens with zero attached hydrogens (tertiary/aromatic N) is 1. The SMILES string of the molecule is CCCCc1ccc(C(=O)C(=C(N)c2ccc(Cl)cc2)C(O)c2cccnc2)cc1. The molecule has 1 aromatic heterocycles. The zero-order valence-corrected chi connectivity index (χ0v) is 17.6. The molecule has 0 amide bonds. The summed E-state index contributed by atoms with van der Waals surface area (Å²) in [7, 11) is 0. The fraction of sp³-hybridized carbons (Fsp3) is 0.200. The standard InChI is InChI=1S/C25H25ClN2O2/c1-2-3-5-17-7-9-19(10-8-17)24(29)22(25(30)20-6-4-15-28-16-20)23(27)18-11-13-21(26)14-12-18/h4,6-16,25,30H,2-3,5,27H2,1H3. The number of pyridine rings is 1. The summed E-state index contributed by atoms with van der Waals surface area (Å²) in [5, 5.41) is 11.6. The number of aryl methyl sites for hydroxylation is 1. The van der Waals surface area contributed by atoms with E-state index in [9.17, 15) is 9.90 Å². The molecule has 1 heterocycles. The summed E-state index contributed by atoms with van der Waals surface area (Å²) in [6, 6.07) is 17.8. The Labute approximate surface area is 182 Å². The van der Waals surface area contributed by atoms with E-state index < -0.39 is 6.10 Å². The van der Waals surface area contributed by atoms with Crippen molar-refractivity contribution in [2.45, 2.75) is 32.3 Å². The average Bonchev–Trinajstić information content (AvgIpc) is 2.79. The van der Waals surface area contributed by atoms with Gasteiger partial charge in [0, 0.05) is 34.2 Å². The first-order valence-corrected chi connectivity index (χ1v) is 10.4. The molecule has 154 valence electrons. The summed E-state index contributed by atoms with van der Waals surface area (Å²) in [5.74, 6) is -0.319. The van der Waals surface area contributed by atoms with Crippen LogP contribution in [0.4, 0.5) is 0 Å². The third-order valence-corrected chi connectivity index (χ3v) is 5.25. The summed E-state index contributed by atoms with van der Waals surface area (Å²) in [5.41, 5.74) is 9.49. The molecule has 0 saturated heterocycles. The molecule has 0 aliphatic carbocycles. The molecule has 4 nitrogen and oxygen atoms in total. The number of nitrogens with two attached hydrogens (primary N) is 1. The van der Waals surface area contributed by atoms with Crippen LogP contribution in [0.1, 0.15) is 52.9 Å². The number of aromatic nitrogens is 1. The molecule has 0 radical (unpaired) electrons. The molecule has 1 atom stereocenters. The van der Waals surface area contributed by atoms with Crippen LogP contribution in [0.3, 0.4) is 0 Å². The number of carbonyl (C=O) groups excluding carboxylic acids is 1. The van der Waals surface area contributed by atoms with Crippen molar-refractivity contribution < 1.29 is 9.90 Å². The predicted molar refractivity (Wildman–Crippen MR) is 121 cm³/mol. The fourth-order valence-electron chi connectivity index (χ4n) is 3.24. The van der Waals surface area contributed by atoms with Crippen LogP contribution in [0.25, 0.3) is 5.70 Å². The van der Waals surface area contributed by atoms with Crippen LogP contribution in [0.15, 0.2) is 78.6 Å². The zero-order valence-electron chi connectivity index (χ0n) is 16.9. The Kier molecular flexibility index (Phi) is 7.39. The van der Waals surface area contributed by atoms with Gasteiger partial charge in [0.25, 0.3) is 0 Å². The van der Waals surface area contributed by atoms with Gasteiger partial charge in [-0.05, 0) is 42.2 Å². The Morgan fingerprint density at radius 3 is 2.33 bits per heavy atom. The first kappa shape index (κ1) is 21.8. The van der Waals surface area contributed by atoms with E-state index in [-0.39, 0.29) is 17.1 Å². The third-order valence-electron chi connectivity index (χ3n) is 5.00. The Bertz CT molecular complexity index is 1010. The number of benzene rings is 2. The molecule has 3 aromatic rings. The molecule has 0 bridgehead atoms. The van der Waals surface area contributed by atoms with Gasteiger partial charge in [0.1, 0.15) is 6.10 Å². The van der Waals surface area contributed by atoms with Crippen molar-refractivity contribution in [2.75, 3.05) is 0 Å². The van der Waals surface area contributed by atoms with Crippen LogP contribution in [0.5, 0.6) is 0 Å². The van der Waals surface area contributed by atoms with E-state index in [0.717, 1.165) is 19.3 Å². The minimum atomic E-state index is -1.21. The zero-order chi connectivity index (χ0) is 21.5. The summed E-state index contributed by atoms with van der Waals surface area (Å²) in [4.78, 5) is 17.5. The highest BCUT2D eigenvalue weighted by molar-refractivity contribution is 6.30. The number of hydrogen-bond acceptors (Lipinski definition) is 4. The lowest BCUT2D eigenvalue weighted by Crippen LogP contribution is -2.18. The van der Waals surface area contributed by atoms with Crippen LogP contribution in [0.2, 0.25) is 5.02 Å². The van der Waals surface area contributed by atoms with Gasteiger partial charge in [-0.3, -0.25) is 9.78 Å². The summed E-state index contributed by atoms with van der Waals surface area (Å²) >= 11 is 5.98. The van der Waals surface area contributed by atoms with Gasteiger partial charge in [0.05, 0.1) is 5.57 Å². The molecular formula is C25H25ClN2O2. The topological polar surface area (TPSA) is 76.2 Å². The number of unbranched alkanes of at least 4 members (excludes halogenated alkanes) is 1. The second-order valence-corrected chi connectivity index (χ2v) is 7.59. The van der Waals surface area contributed by atoms with Crippen molar-refractivity contribution in [1.82, 2.24) is 4.98 Å². The summed E-state index contributed by atoms with van der Waals surface area (Å²) in [6.07, 6.45) is 5.12. The molecule has 3 N–H and O–H groups in total. The van der Waals surface area contributed by atoms with Gasteiger partial charge >= 0.3 is 0 Å². The lowest BCUT2D eigenvalue weighted by Gasteiger charge is -2.18. The molecule has 5 heteroatoms. The normalized spacial score (nSPS) is 12.9. The Morgan fingerprint density at radius 1 is 1.07 bits per heavy atom. The number of carbonyl (C=O) groups is 1. The smallest absolute Gasteiger partial charge is 0.194 e. The van der Waals surface area contributed by atoms with Crippen LogP contribution >= 0.6 is 11.6 Å². The number of rotatable bonds is 8. The maximum atomic E-state index is 13.4. The van der Waals surface area contributed by atoms with Gasteiger partial charge in [0.2, 0.25) is 0 Å². The number of hydrogen-bond donors (Lipinski definition) is 2. The highest BCUT2D eigenvalue weighted by atomic mass is 35.5. The van der Waals surface area contributed by atoms with Crippen LogP contribution in [-0.2, 0) is 6.42 Å². The second kappa shape index (κ2) is 10.2. The summed E-state index contributed by atoms with van der Waals surface area (Å²) < 4.78 is 0. The fourth-order valence-corrected chi connectivity index (χ4v) is 3.37. The molecule has 0 fully saturated rings. The maximum Gasteiger partial charge on any atom is 0.194 e. The van der Waals surface area contributed by atoms with Crippen molar-refractivity contribution in [3.8, 4) is 0 Å². The van der Waals surface area contributed by atoms with E-state index in [0.29, 0.717) is 21.7 Å². The number of halogens is 1.